The highest BCUT2D eigenvalue weighted by atomic mass is 15.1. The van der Waals surface area contributed by atoms with E-state index in [1.165, 1.54) is 38.8 Å². The predicted molar refractivity (Wildman–Crippen MR) is 65.1 cm³/mol. The molecule has 0 aromatic heterocycles. The minimum absolute atomic E-state index is 0.692. The van der Waals surface area contributed by atoms with Crippen LogP contribution in [-0.2, 0) is 0 Å². The van der Waals surface area contributed by atoms with Crippen molar-refractivity contribution >= 4 is 0 Å². The van der Waals surface area contributed by atoms with Crippen LogP contribution < -0.4 is 5.32 Å². The van der Waals surface area contributed by atoms with Gasteiger partial charge >= 0.3 is 0 Å². The molecule has 1 aliphatic carbocycles. The molecule has 15 heavy (non-hydrogen) atoms. The maximum absolute atomic E-state index is 3.65. The van der Waals surface area contributed by atoms with E-state index in [0.717, 1.165) is 12.6 Å². The van der Waals surface area contributed by atoms with Crippen molar-refractivity contribution in [1.82, 2.24) is 10.2 Å². The van der Waals surface area contributed by atoms with E-state index < -0.39 is 0 Å². The van der Waals surface area contributed by atoms with Gasteiger partial charge < -0.3 is 5.32 Å². The number of rotatable bonds is 4. The molecule has 0 saturated heterocycles. The van der Waals surface area contributed by atoms with Crippen molar-refractivity contribution in [2.45, 2.75) is 51.6 Å². The summed E-state index contributed by atoms with van der Waals surface area (Å²) in [5.41, 5.74) is 1.60. The normalized spacial score (nSPS) is 24.1. The Morgan fingerprint density at radius 1 is 1.47 bits per heavy atom. The number of nitrogens with zero attached hydrogens (tertiary/aromatic N) is 1. The van der Waals surface area contributed by atoms with Crippen molar-refractivity contribution in [3.05, 3.63) is 11.6 Å². The first kappa shape index (κ1) is 11.2. The molecular weight excluding hydrogens is 184 g/mol. The third-order valence-electron chi connectivity index (χ3n) is 3.71. The highest BCUT2D eigenvalue weighted by Gasteiger charge is 2.19. The maximum Gasteiger partial charge on any atom is 0.0208 e. The summed E-state index contributed by atoms with van der Waals surface area (Å²) in [7, 11) is 0. The van der Waals surface area contributed by atoms with Crippen LogP contribution >= 0.6 is 0 Å². The first-order chi connectivity index (χ1) is 7.25. The second kappa shape index (κ2) is 5.13. The summed E-state index contributed by atoms with van der Waals surface area (Å²) in [5.74, 6) is 0. The van der Waals surface area contributed by atoms with Gasteiger partial charge in [0.25, 0.3) is 0 Å². The molecule has 0 radical (unpaired) electrons. The van der Waals surface area contributed by atoms with Crippen LogP contribution in [0.3, 0.4) is 0 Å². The lowest BCUT2D eigenvalue weighted by molar-refractivity contribution is 0.231. The van der Waals surface area contributed by atoms with E-state index >= 15 is 0 Å². The Kier molecular flexibility index (Phi) is 3.81. The highest BCUT2D eigenvalue weighted by Crippen LogP contribution is 2.19. The molecule has 2 heteroatoms. The van der Waals surface area contributed by atoms with Crippen molar-refractivity contribution in [2.75, 3.05) is 19.6 Å². The van der Waals surface area contributed by atoms with Crippen molar-refractivity contribution in [3.8, 4) is 0 Å². The zero-order valence-corrected chi connectivity index (χ0v) is 10.1. The van der Waals surface area contributed by atoms with Crippen LogP contribution in [0.4, 0.5) is 0 Å². The SMILES string of the molecule is CC(C)N1CCC=C(CNC2CCC2)C1. The van der Waals surface area contributed by atoms with E-state index in [0.29, 0.717) is 6.04 Å². The summed E-state index contributed by atoms with van der Waals surface area (Å²) in [5, 5.41) is 3.65. The molecule has 0 atom stereocenters. The van der Waals surface area contributed by atoms with Crippen LogP contribution in [0.15, 0.2) is 11.6 Å². The minimum atomic E-state index is 0.692. The van der Waals surface area contributed by atoms with Gasteiger partial charge in [-0.1, -0.05) is 12.5 Å². The standard InChI is InChI=1S/C13H24N2/c1-11(2)15-8-4-5-12(10-15)9-14-13-6-3-7-13/h5,11,13-14H,3-4,6-10H2,1-2H3. The summed E-state index contributed by atoms with van der Waals surface area (Å²) in [6.07, 6.45) is 7.88. The zero-order valence-electron chi connectivity index (χ0n) is 10.1. The smallest absolute Gasteiger partial charge is 0.0208 e. The van der Waals surface area contributed by atoms with Crippen molar-refractivity contribution in [1.29, 1.82) is 0 Å². The lowest BCUT2D eigenvalue weighted by Crippen LogP contribution is -2.41. The van der Waals surface area contributed by atoms with E-state index in [9.17, 15) is 0 Å². The maximum atomic E-state index is 3.65. The van der Waals surface area contributed by atoms with E-state index in [2.05, 4.69) is 30.1 Å². The summed E-state index contributed by atoms with van der Waals surface area (Å²) in [6, 6.07) is 1.51. The minimum Gasteiger partial charge on any atom is -0.310 e. The Morgan fingerprint density at radius 3 is 2.87 bits per heavy atom. The molecule has 0 unspecified atom stereocenters. The van der Waals surface area contributed by atoms with Crippen LogP contribution in [0.25, 0.3) is 0 Å². The fourth-order valence-electron chi connectivity index (χ4n) is 2.30. The van der Waals surface area contributed by atoms with Crippen LogP contribution in [0.2, 0.25) is 0 Å². The molecule has 2 nitrogen and oxygen atoms in total. The molecule has 2 rings (SSSR count). The van der Waals surface area contributed by atoms with E-state index in [1.807, 2.05) is 0 Å². The largest absolute Gasteiger partial charge is 0.310 e. The summed E-state index contributed by atoms with van der Waals surface area (Å²) >= 11 is 0. The first-order valence-electron chi connectivity index (χ1n) is 6.41. The quantitative estimate of drug-likeness (QED) is 0.712. The molecule has 0 spiro atoms. The lowest BCUT2D eigenvalue weighted by Gasteiger charge is -2.32. The second-order valence-electron chi connectivity index (χ2n) is 5.22. The Hall–Kier alpha value is -0.340. The molecule has 1 heterocycles. The fourth-order valence-corrected chi connectivity index (χ4v) is 2.30. The molecule has 2 aliphatic rings. The number of nitrogens with one attached hydrogen (secondary N) is 1. The Bertz CT molecular complexity index is 229. The van der Waals surface area contributed by atoms with Gasteiger partial charge in [0.05, 0.1) is 0 Å². The van der Waals surface area contributed by atoms with Crippen molar-refractivity contribution in [2.24, 2.45) is 0 Å². The Labute approximate surface area is 93.7 Å². The molecular formula is C13H24N2. The average Bonchev–Trinajstić information content (AvgIpc) is 2.16. The van der Waals surface area contributed by atoms with Gasteiger partial charge in [0.2, 0.25) is 0 Å². The molecule has 1 saturated carbocycles. The molecule has 1 N–H and O–H groups in total. The third-order valence-corrected chi connectivity index (χ3v) is 3.71. The number of hydrogen-bond donors (Lipinski definition) is 1. The monoisotopic (exact) mass is 208 g/mol. The van der Waals surface area contributed by atoms with Crippen LogP contribution in [0.1, 0.15) is 39.5 Å². The third kappa shape index (κ3) is 3.05. The van der Waals surface area contributed by atoms with Crippen LogP contribution in [-0.4, -0.2) is 36.6 Å². The van der Waals surface area contributed by atoms with Gasteiger partial charge in [0.1, 0.15) is 0 Å². The van der Waals surface area contributed by atoms with E-state index in [1.54, 1.807) is 5.57 Å². The molecule has 0 amide bonds. The first-order valence-corrected chi connectivity index (χ1v) is 6.41. The summed E-state index contributed by atoms with van der Waals surface area (Å²) in [4.78, 5) is 2.57. The van der Waals surface area contributed by atoms with Gasteiger partial charge in [-0.15, -0.1) is 0 Å². The van der Waals surface area contributed by atoms with Crippen LogP contribution in [0.5, 0.6) is 0 Å². The molecule has 0 aromatic carbocycles. The van der Waals surface area contributed by atoms with Gasteiger partial charge in [-0.2, -0.15) is 0 Å². The Morgan fingerprint density at radius 2 is 2.27 bits per heavy atom. The van der Waals surface area contributed by atoms with Crippen LogP contribution in [0, 0.1) is 0 Å². The molecule has 1 fully saturated rings. The highest BCUT2D eigenvalue weighted by molar-refractivity contribution is 5.10. The van der Waals surface area contributed by atoms with Gasteiger partial charge in [0, 0.05) is 31.7 Å². The van der Waals surface area contributed by atoms with E-state index in [4.69, 9.17) is 0 Å². The Balaban J connectivity index is 1.74. The summed E-state index contributed by atoms with van der Waals surface area (Å²) in [6.45, 7) is 8.13. The molecule has 1 aliphatic heterocycles. The van der Waals surface area contributed by atoms with E-state index in [-0.39, 0.29) is 0 Å². The summed E-state index contributed by atoms with van der Waals surface area (Å²) < 4.78 is 0. The predicted octanol–water partition coefficient (Wildman–Crippen LogP) is 2.17. The zero-order chi connectivity index (χ0) is 10.7. The lowest BCUT2D eigenvalue weighted by atomic mass is 9.93. The molecule has 0 bridgehead atoms. The molecule has 86 valence electrons. The average molecular weight is 208 g/mol. The van der Waals surface area contributed by atoms with Crippen molar-refractivity contribution in [3.63, 3.8) is 0 Å². The van der Waals surface area contributed by atoms with Gasteiger partial charge in [0.15, 0.2) is 0 Å². The fraction of sp³-hybridized carbons (Fsp3) is 0.846. The van der Waals surface area contributed by atoms with Gasteiger partial charge in [-0.25, -0.2) is 0 Å². The second-order valence-corrected chi connectivity index (χ2v) is 5.22. The van der Waals surface area contributed by atoms with Gasteiger partial charge in [-0.05, 0) is 38.7 Å². The van der Waals surface area contributed by atoms with Gasteiger partial charge in [-0.3, -0.25) is 4.90 Å². The molecule has 0 aromatic rings. The number of hydrogen-bond acceptors (Lipinski definition) is 2. The topological polar surface area (TPSA) is 15.3 Å². The van der Waals surface area contributed by atoms with Crippen molar-refractivity contribution < 1.29 is 0 Å².